The number of rotatable bonds is 7. The summed E-state index contributed by atoms with van der Waals surface area (Å²) in [5, 5.41) is 11.4. The molecule has 4 nitrogen and oxygen atoms in total. The Balaban J connectivity index is 2.55. The van der Waals surface area contributed by atoms with Crippen molar-refractivity contribution in [2.24, 2.45) is 5.92 Å². The molecule has 0 saturated heterocycles. The molecule has 0 aliphatic rings. The van der Waals surface area contributed by atoms with E-state index in [1.807, 2.05) is 6.07 Å². The second-order valence-electron chi connectivity index (χ2n) is 4.57. The summed E-state index contributed by atoms with van der Waals surface area (Å²) in [6.07, 6.45) is 0.565. The number of carbonyl (C=O) groups is 1. The number of amides is 1. The van der Waals surface area contributed by atoms with Gasteiger partial charge in [0.2, 0.25) is 0 Å². The Morgan fingerprint density at radius 2 is 2.22 bits per heavy atom. The van der Waals surface area contributed by atoms with Crippen LogP contribution >= 0.6 is 0 Å². The molecule has 0 aliphatic heterocycles. The van der Waals surface area contributed by atoms with Crippen LogP contribution in [0.25, 0.3) is 0 Å². The van der Waals surface area contributed by atoms with E-state index in [1.165, 1.54) is 0 Å². The summed E-state index contributed by atoms with van der Waals surface area (Å²) in [6, 6.07) is 7.12. The summed E-state index contributed by atoms with van der Waals surface area (Å²) in [5.41, 5.74) is 0.578. The number of aliphatic hydroxyl groups excluding tert-OH is 1. The van der Waals surface area contributed by atoms with E-state index in [9.17, 15) is 4.79 Å². The minimum Gasteiger partial charge on any atom is -0.493 e. The molecule has 0 radical (unpaired) electrons. The molecule has 1 amide bonds. The van der Waals surface area contributed by atoms with Gasteiger partial charge in [0, 0.05) is 18.7 Å². The predicted octanol–water partition coefficient (Wildman–Crippen LogP) is 1.83. The van der Waals surface area contributed by atoms with Crippen molar-refractivity contribution in [2.75, 3.05) is 19.8 Å². The fourth-order valence-corrected chi connectivity index (χ4v) is 1.37. The lowest BCUT2D eigenvalue weighted by molar-refractivity contribution is 0.0950. The third kappa shape index (κ3) is 5.19. The van der Waals surface area contributed by atoms with E-state index in [0.717, 1.165) is 0 Å². The number of aliphatic hydroxyl groups is 1. The molecule has 100 valence electrons. The van der Waals surface area contributed by atoms with Crippen molar-refractivity contribution in [3.63, 3.8) is 0 Å². The lowest BCUT2D eigenvalue weighted by atomic mass is 10.2. The van der Waals surface area contributed by atoms with Crippen LogP contribution in [0.15, 0.2) is 24.3 Å². The second kappa shape index (κ2) is 7.71. The molecule has 1 rings (SSSR count). The van der Waals surface area contributed by atoms with Crippen molar-refractivity contribution in [2.45, 2.75) is 20.3 Å². The van der Waals surface area contributed by atoms with E-state index >= 15 is 0 Å². The summed E-state index contributed by atoms with van der Waals surface area (Å²) >= 11 is 0. The highest BCUT2D eigenvalue weighted by molar-refractivity contribution is 5.94. The minimum atomic E-state index is -0.140. The Hall–Kier alpha value is -1.55. The molecule has 0 heterocycles. The first-order valence-corrected chi connectivity index (χ1v) is 6.25. The molecule has 1 aromatic carbocycles. The first kappa shape index (κ1) is 14.5. The summed E-state index contributed by atoms with van der Waals surface area (Å²) in [7, 11) is 0. The van der Waals surface area contributed by atoms with E-state index < -0.39 is 0 Å². The number of nitrogens with one attached hydrogen (secondary N) is 1. The Bertz CT molecular complexity index is 377. The van der Waals surface area contributed by atoms with Crippen molar-refractivity contribution in [3.05, 3.63) is 29.8 Å². The van der Waals surface area contributed by atoms with Gasteiger partial charge in [-0.25, -0.2) is 0 Å². The van der Waals surface area contributed by atoms with E-state index in [2.05, 4.69) is 19.2 Å². The van der Waals surface area contributed by atoms with Gasteiger partial charge in [0.05, 0.1) is 6.61 Å². The van der Waals surface area contributed by atoms with Crippen molar-refractivity contribution in [1.82, 2.24) is 5.32 Å². The van der Waals surface area contributed by atoms with Gasteiger partial charge < -0.3 is 15.2 Å². The maximum absolute atomic E-state index is 11.8. The van der Waals surface area contributed by atoms with Gasteiger partial charge in [-0.1, -0.05) is 19.9 Å². The minimum absolute atomic E-state index is 0.0812. The standard InChI is InChI=1S/C14H21NO3/c1-11(2)10-18-13-6-3-5-12(9-13)14(17)15-7-4-8-16/h3,5-6,9,11,16H,4,7-8,10H2,1-2H3,(H,15,17). The first-order chi connectivity index (χ1) is 8.63. The molecule has 0 spiro atoms. The van der Waals surface area contributed by atoms with Crippen LogP contribution in [0.3, 0.4) is 0 Å². The van der Waals surface area contributed by atoms with Gasteiger partial charge in [-0.15, -0.1) is 0 Å². The fraction of sp³-hybridized carbons (Fsp3) is 0.500. The molecule has 18 heavy (non-hydrogen) atoms. The van der Waals surface area contributed by atoms with Gasteiger partial charge in [-0.3, -0.25) is 4.79 Å². The quantitative estimate of drug-likeness (QED) is 0.727. The van der Waals surface area contributed by atoms with Crippen molar-refractivity contribution < 1.29 is 14.6 Å². The molecule has 0 fully saturated rings. The van der Waals surface area contributed by atoms with Crippen LogP contribution in [-0.4, -0.2) is 30.8 Å². The largest absolute Gasteiger partial charge is 0.493 e. The second-order valence-corrected chi connectivity index (χ2v) is 4.57. The van der Waals surface area contributed by atoms with Crippen LogP contribution in [0.5, 0.6) is 5.75 Å². The molecule has 0 saturated carbocycles. The molecule has 0 bridgehead atoms. The number of hydrogen-bond donors (Lipinski definition) is 2. The lowest BCUT2D eigenvalue weighted by Crippen LogP contribution is -2.25. The van der Waals surface area contributed by atoms with Gasteiger partial charge in [-0.2, -0.15) is 0 Å². The molecule has 0 atom stereocenters. The highest BCUT2D eigenvalue weighted by Crippen LogP contribution is 2.14. The molecule has 2 N–H and O–H groups in total. The molecule has 0 unspecified atom stereocenters. The number of ether oxygens (including phenoxy) is 1. The van der Waals surface area contributed by atoms with Gasteiger partial charge >= 0.3 is 0 Å². The fourth-order valence-electron chi connectivity index (χ4n) is 1.37. The average molecular weight is 251 g/mol. The van der Waals surface area contributed by atoms with E-state index in [-0.39, 0.29) is 12.5 Å². The smallest absolute Gasteiger partial charge is 0.251 e. The van der Waals surface area contributed by atoms with E-state index in [0.29, 0.717) is 36.8 Å². The zero-order valence-electron chi connectivity index (χ0n) is 11.0. The van der Waals surface area contributed by atoms with Crippen LogP contribution in [0.4, 0.5) is 0 Å². The Morgan fingerprint density at radius 1 is 1.44 bits per heavy atom. The van der Waals surface area contributed by atoms with Gasteiger partial charge in [0.1, 0.15) is 5.75 Å². The Morgan fingerprint density at radius 3 is 2.89 bits per heavy atom. The van der Waals surface area contributed by atoms with Crippen LogP contribution in [0, 0.1) is 5.92 Å². The van der Waals surface area contributed by atoms with Gasteiger partial charge in [-0.05, 0) is 30.5 Å². The molecule has 1 aromatic rings. The molecule has 0 aliphatic carbocycles. The third-order valence-corrected chi connectivity index (χ3v) is 2.30. The maximum Gasteiger partial charge on any atom is 0.251 e. The summed E-state index contributed by atoms with van der Waals surface area (Å²) in [6.45, 7) is 5.34. The highest BCUT2D eigenvalue weighted by atomic mass is 16.5. The van der Waals surface area contributed by atoms with Gasteiger partial charge in [0.15, 0.2) is 0 Å². The molecular weight excluding hydrogens is 230 g/mol. The summed E-state index contributed by atoms with van der Waals surface area (Å²) in [5.74, 6) is 1.02. The number of hydrogen-bond acceptors (Lipinski definition) is 3. The zero-order chi connectivity index (χ0) is 13.4. The summed E-state index contributed by atoms with van der Waals surface area (Å²) in [4.78, 5) is 11.8. The molecule has 4 heteroatoms. The van der Waals surface area contributed by atoms with E-state index in [1.54, 1.807) is 18.2 Å². The zero-order valence-corrected chi connectivity index (χ0v) is 11.0. The van der Waals surface area contributed by atoms with E-state index in [4.69, 9.17) is 9.84 Å². The maximum atomic E-state index is 11.8. The van der Waals surface area contributed by atoms with Crippen LogP contribution in [-0.2, 0) is 0 Å². The number of carbonyl (C=O) groups excluding carboxylic acids is 1. The first-order valence-electron chi connectivity index (χ1n) is 6.25. The van der Waals surface area contributed by atoms with Crippen molar-refractivity contribution >= 4 is 5.91 Å². The third-order valence-electron chi connectivity index (χ3n) is 2.30. The SMILES string of the molecule is CC(C)COc1cccc(C(=O)NCCCO)c1. The molecular formula is C14H21NO3. The normalized spacial score (nSPS) is 10.4. The molecule has 0 aromatic heterocycles. The Kier molecular flexibility index (Phi) is 6.22. The number of benzene rings is 1. The Labute approximate surface area is 108 Å². The van der Waals surface area contributed by atoms with Crippen molar-refractivity contribution in [3.8, 4) is 5.75 Å². The highest BCUT2D eigenvalue weighted by Gasteiger charge is 2.06. The van der Waals surface area contributed by atoms with Gasteiger partial charge in [0.25, 0.3) is 5.91 Å². The van der Waals surface area contributed by atoms with Crippen molar-refractivity contribution in [1.29, 1.82) is 0 Å². The van der Waals surface area contributed by atoms with Crippen LogP contribution in [0.2, 0.25) is 0 Å². The predicted molar refractivity (Wildman–Crippen MR) is 70.8 cm³/mol. The average Bonchev–Trinajstić information content (AvgIpc) is 2.37. The van der Waals surface area contributed by atoms with Crippen LogP contribution < -0.4 is 10.1 Å². The summed E-state index contributed by atoms with van der Waals surface area (Å²) < 4.78 is 5.56. The van der Waals surface area contributed by atoms with Crippen LogP contribution in [0.1, 0.15) is 30.6 Å². The lowest BCUT2D eigenvalue weighted by Gasteiger charge is -2.10. The monoisotopic (exact) mass is 251 g/mol. The topological polar surface area (TPSA) is 58.6 Å².